The second-order valence-corrected chi connectivity index (χ2v) is 7.74. The van der Waals surface area contributed by atoms with Crippen molar-refractivity contribution in [3.8, 4) is 0 Å². The Balaban J connectivity index is 1.63. The molecule has 1 unspecified atom stereocenters. The summed E-state index contributed by atoms with van der Waals surface area (Å²) in [6.45, 7) is 7.47. The number of amides is 1. The van der Waals surface area contributed by atoms with Crippen LogP contribution in [0.15, 0.2) is 30.3 Å². The minimum atomic E-state index is -0.800. The minimum absolute atomic E-state index is 0.149. The molecule has 0 N–H and O–H groups in total. The third kappa shape index (κ3) is 5.26. The van der Waals surface area contributed by atoms with E-state index in [1.54, 1.807) is 22.6 Å². The first-order chi connectivity index (χ1) is 13.8. The number of carbonyl (C=O) groups excluding carboxylic acids is 2. The van der Waals surface area contributed by atoms with Gasteiger partial charge in [-0.15, -0.1) is 0 Å². The Hall–Kier alpha value is -2.60. The number of hydrogen-bond acceptors (Lipinski definition) is 4. The summed E-state index contributed by atoms with van der Waals surface area (Å²) in [7, 11) is 0. The lowest BCUT2D eigenvalue weighted by Gasteiger charge is -2.19. The van der Waals surface area contributed by atoms with E-state index in [1.165, 1.54) is 11.6 Å². The highest BCUT2D eigenvalue weighted by Gasteiger charge is 2.25. The number of halogens is 1. The fraction of sp³-hybridized carbons (Fsp3) is 0.409. The lowest BCUT2D eigenvalue weighted by atomic mass is 10.1. The fourth-order valence-electron chi connectivity index (χ4n) is 3.34. The number of likely N-dealkylation sites (tertiary alicyclic amines) is 1. The number of aryl methyl sites for hydroxylation is 2. The normalized spacial score (nSPS) is 15.1. The van der Waals surface area contributed by atoms with Crippen molar-refractivity contribution < 1.29 is 14.3 Å². The van der Waals surface area contributed by atoms with Crippen LogP contribution in [0, 0.1) is 13.8 Å². The summed E-state index contributed by atoms with van der Waals surface area (Å²) < 4.78 is 6.95. The number of aromatic nitrogens is 2. The number of rotatable bonds is 6. The smallest absolute Gasteiger partial charge is 0.331 e. The van der Waals surface area contributed by atoms with Crippen LogP contribution in [0.2, 0.25) is 5.15 Å². The van der Waals surface area contributed by atoms with Crippen molar-refractivity contribution in [2.45, 2.75) is 46.3 Å². The van der Waals surface area contributed by atoms with Gasteiger partial charge in [0, 0.05) is 24.7 Å². The molecule has 1 aliphatic rings. The van der Waals surface area contributed by atoms with Gasteiger partial charge in [0.1, 0.15) is 5.15 Å². The monoisotopic (exact) mass is 415 g/mol. The van der Waals surface area contributed by atoms with Gasteiger partial charge in [0.15, 0.2) is 6.10 Å². The van der Waals surface area contributed by atoms with Gasteiger partial charge < -0.3 is 9.64 Å². The molecule has 0 bridgehead atoms. The third-order valence-electron chi connectivity index (χ3n) is 5.01. The van der Waals surface area contributed by atoms with Crippen molar-refractivity contribution in [3.63, 3.8) is 0 Å². The number of ether oxygens (including phenoxy) is 1. The lowest BCUT2D eigenvalue weighted by Crippen LogP contribution is -2.37. The number of benzene rings is 1. The van der Waals surface area contributed by atoms with Crippen molar-refractivity contribution in [1.82, 2.24) is 14.7 Å². The van der Waals surface area contributed by atoms with Crippen molar-refractivity contribution >= 4 is 29.6 Å². The molecule has 1 aliphatic heterocycles. The molecular formula is C22H26ClN3O3. The Morgan fingerprint density at radius 3 is 2.52 bits per heavy atom. The van der Waals surface area contributed by atoms with Crippen LogP contribution in [0.4, 0.5) is 0 Å². The van der Waals surface area contributed by atoms with Gasteiger partial charge in [-0.05, 0) is 45.3 Å². The Morgan fingerprint density at radius 2 is 1.86 bits per heavy atom. The van der Waals surface area contributed by atoms with Crippen molar-refractivity contribution in [3.05, 3.63) is 57.9 Å². The number of nitrogens with zero attached hydrogens (tertiary/aromatic N) is 3. The van der Waals surface area contributed by atoms with Gasteiger partial charge in [0.25, 0.3) is 5.91 Å². The van der Waals surface area contributed by atoms with E-state index in [9.17, 15) is 9.59 Å². The Morgan fingerprint density at radius 1 is 1.21 bits per heavy atom. The molecule has 6 nitrogen and oxygen atoms in total. The molecule has 29 heavy (non-hydrogen) atoms. The molecule has 0 aliphatic carbocycles. The predicted molar refractivity (Wildman–Crippen MR) is 113 cm³/mol. The summed E-state index contributed by atoms with van der Waals surface area (Å²) in [5, 5.41) is 4.92. The summed E-state index contributed by atoms with van der Waals surface area (Å²) in [4.78, 5) is 26.1. The van der Waals surface area contributed by atoms with Gasteiger partial charge in [-0.3, -0.25) is 4.79 Å². The van der Waals surface area contributed by atoms with E-state index in [4.69, 9.17) is 16.3 Å². The quantitative estimate of drug-likeness (QED) is 0.532. The summed E-state index contributed by atoms with van der Waals surface area (Å²) in [6, 6.07) is 8.16. The van der Waals surface area contributed by atoms with Crippen LogP contribution in [-0.2, 0) is 20.9 Å². The highest BCUT2D eigenvalue weighted by molar-refractivity contribution is 6.31. The zero-order valence-corrected chi connectivity index (χ0v) is 17.8. The maximum absolute atomic E-state index is 12.3. The van der Waals surface area contributed by atoms with Crippen LogP contribution < -0.4 is 0 Å². The van der Waals surface area contributed by atoms with Crippen LogP contribution in [-0.4, -0.2) is 45.8 Å². The third-order valence-corrected chi connectivity index (χ3v) is 5.41. The van der Waals surface area contributed by atoms with Crippen molar-refractivity contribution in [2.24, 2.45) is 0 Å². The van der Waals surface area contributed by atoms with Crippen LogP contribution in [0.3, 0.4) is 0 Å². The highest BCUT2D eigenvalue weighted by atomic mass is 35.5. The number of hydrogen-bond donors (Lipinski definition) is 0. The number of esters is 1. The first-order valence-corrected chi connectivity index (χ1v) is 10.2. The van der Waals surface area contributed by atoms with E-state index in [0.717, 1.165) is 31.5 Å². The molecule has 3 rings (SSSR count). The molecule has 0 saturated carbocycles. The van der Waals surface area contributed by atoms with Gasteiger partial charge in [-0.25, -0.2) is 9.48 Å². The Kier molecular flexibility index (Phi) is 6.75. The molecule has 1 saturated heterocycles. The summed E-state index contributed by atoms with van der Waals surface area (Å²) >= 11 is 6.47. The van der Waals surface area contributed by atoms with Gasteiger partial charge >= 0.3 is 5.97 Å². The van der Waals surface area contributed by atoms with E-state index in [-0.39, 0.29) is 5.91 Å². The van der Waals surface area contributed by atoms with Crippen LogP contribution in [0.25, 0.3) is 6.08 Å². The molecule has 154 valence electrons. The molecule has 0 spiro atoms. The Labute approximate surface area is 176 Å². The van der Waals surface area contributed by atoms with E-state index in [2.05, 4.69) is 5.10 Å². The van der Waals surface area contributed by atoms with E-state index < -0.39 is 12.1 Å². The molecule has 2 heterocycles. The fourth-order valence-corrected chi connectivity index (χ4v) is 3.63. The molecule has 7 heteroatoms. The average molecular weight is 416 g/mol. The van der Waals surface area contributed by atoms with Gasteiger partial charge in [-0.2, -0.15) is 5.10 Å². The second kappa shape index (κ2) is 9.27. The lowest BCUT2D eigenvalue weighted by molar-refractivity contribution is -0.154. The van der Waals surface area contributed by atoms with E-state index in [1.807, 2.05) is 38.1 Å². The molecular weight excluding hydrogens is 390 g/mol. The summed E-state index contributed by atoms with van der Waals surface area (Å²) in [5.41, 5.74) is 3.65. The molecule has 0 radical (unpaired) electrons. The second-order valence-electron chi connectivity index (χ2n) is 7.38. The molecule has 1 aromatic heterocycles. The maximum Gasteiger partial charge on any atom is 0.331 e. The zero-order chi connectivity index (χ0) is 21.0. The Bertz CT molecular complexity index is 912. The van der Waals surface area contributed by atoms with Gasteiger partial charge in [0.05, 0.1) is 12.2 Å². The molecule has 1 amide bonds. The topological polar surface area (TPSA) is 64.4 Å². The van der Waals surface area contributed by atoms with E-state index >= 15 is 0 Å². The highest BCUT2D eigenvalue weighted by Crippen LogP contribution is 2.22. The largest absolute Gasteiger partial charge is 0.449 e. The molecule has 1 atom stereocenters. The molecule has 1 aromatic carbocycles. The van der Waals surface area contributed by atoms with Crippen molar-refractivity contribution in [1.29, 1.82) is 0 Å². The standard InChI is InChI=1S/C22H26ClN3O3/c1-15-6-8-18(9-7-15)14-26-21(23)19(16(2)24-26)10-11-20(27)29-17(3)22(28)25-12-4-5-13-25/h6-11,17H,4-5,12-14H2,1-3H3/b11-10+. The van der Waals surface area contributed by atoms with Crippen LogP contribution in [0.5, 0.6) is 0 Å². The van der Waals surface area contributed by atoms with E-state index in [0.29, 0.717) is 23.0 Å². The SMILES string of the molecule is Cc1ccc(Cn2nc(C)c(/C=C/C(=O)OC(C)C(=O)N3CCCC3)c2Cl)cc1. The first kappa shape index (κ1) is 21.1. The minimum Gasteiger partial charge on any atom is -0.449 e. The predicted octanol–water partition coefficient (Wildman–Crippen LogP) is 3.77. The summed E-state index contributed by atoms with van der Waals surface area (Å²) in [5.74, 6) is -0.726. The first-order valence-electron chi connectivity index (χ1n) is 9.81. The zero-order valence-electron chi connectivity index (χ0n) is 17.0. The van der Waals surface area contributed by atoms with Gasteiger partial charge in [-0.1, -0.05) is 41.4 Å². The van der Waals surface area contributed by atoms with Crippen molar-refractivity contribution in [2.75, 3.05) is 13.1 Å². The maximum atomic E-state index is 12.3. The van der Waals surface area contributed by atoms with Crippen LogP contribution >= 0.6 is 11.6 Å². The number of carbonyl (C=O) groups is 2. The van der Waals surface area contributed by atoms with Crippen LogP contribution in [0.1, 0.15) is 42.1 Å². The summed E-state index contributed by atoms with van der Waals surface area (Å²) in [6.07, 6.45) is 4.07. The molecule has 2 aromatic rings. The molecule has 1 fully saturated rings. The average Bonchev–Trinajstić information content (AvgIpc) is 3.31. The van der Waals surface area contributed by atoms with Gasteiger partial charge in [0.2, 0.25) is 0 Å².